The van der Waals surface area contributed by atoms with E-state index in [1.807, 2.05) is 7.05 Å². The molecule has 3 N–H and O–H groups in total. The number of halogens is 3. The molecule has 2 saturated heterocycles. The fourth-order valence-electron chi connectivity index (χ4n) is 4.16. The van der Waals surface area contributed by atoms with Crippen LogP contribution in [0.2, 0.25) is 0 Å². The number of likely N-dealkylation sites (tertiary alicyclic amines) is 1. The lowest BCUT2D eigenvalue weighted by Gasteiger charge is -2.29. The topological polar surface area (TPSA) is 125 Å². The van der Waals surface area contributed by atoms with Gasteiger partial charge in [0.1, 0.15) is 17.2 Å². The molecule has 38 heavy (non-hydrogen) atoms. The van der Waals surface area contributed by atoms with Gasteiger partial charge >= 0.3 is 12.3 Å². The van der Waals surface area contributed by atoms with Crippen molar-refractivity contribution in [1.29, 1.82) is 0 Å². The lowest BCUT2D eigenvalue weighted by atomic mass is 10.1. The molecule has 2 fully saturated rings. The number of carbonyl (C=O) groups is 2. The molecule has 0 aromatic carbocycles. The second kappa shape index (κ2) is 12.6. The van der Waals surface area contributed by atoms with Crippen LogP contribution >= 0.6 is 11.3 Å². The van der Waals surface area contributed by atoms with E-state index in [9.17, 15) is 22.8 Å². The maximum absolute atomic E-state index is 13.5. The molecule has 2 aromatic heterocycles. The van der Waals surface area contributed by atoms with Crippen molar-refractivity contribution in [3.63, 3.8) is 0 Å². The second-order valence-electron chi connectivity index (χ2n) is 9.26. The van der Waals surface area contributed by atoms with Crippen LogP contribution in [0.5, 0.6) is 0 Å². The Bertz CT molecular complexity index is 1110. The van der Waals surface area contributed by atoms with Gasteiger partial charge in [-0.1, -0.05) is 0 Å². The number of thiazole rings is 1. The number of cyclic esters (lactones) is 1. The van der Waals surface area contributed by atoms with Crippen LogP contribution in [0, 0.1) is 0 Å². The number of carbonyl (C=O) groups excluding carboxylic acids is 2. The van der Waals surface area contributed by atoms with E-state index in [0.29, 0.717) is 32.3 Å². The Kier molecular flexibility index (Phi) is 9.20. The van der Waals surface area contributed by atoms with Crippen molar-refractivity contribution < 1.29 is 27.5 Å². The zero-order chi connectivity index (χ0) is 27.1. The van der Waals surface area contributed by atoms with Gasteiger partial charge in [0.15, 0.2) is 5.01 Å². The summed E-state index contributed by atoms with van der Waals surface area (Å²) in [7, 11) is 2.04. The summed E-state index contributed by atoms with van der Waals surface area (Å²) in [6, 6.07) is 0.0795. The largest absolute Gasteiger partial charge is 0.449 e. The van der Waals surface area contributed by atoms with Crippen molar-refractivity contribution in [2.75, 3.05) is 57.0 Å². The van der Waals surface area contributed by atoms with E-state index in [-0.39, 0.29) is 41.1 Å². The van der Waals surface area contributed by atoms with Gasteiger partial charge in [0.2, 0.25) is 5.95 Å². The molecular formula is C23H31F3N8O3S. The van der Waals surface area contributed by atoms with Crippen molar-refractivity contribution in [3.05, 3.63) is 22.1 Å². The number of ether oxygens (including phenoxy) is 1. The zero-order valence-electron chi connectivity index (χ0n) is 21.0. The quantitative estimate of drug-likeness (QED) is 0.398. The van der Waals surface area contributed by atoms with Gasteiger partial charge in [0.05, 0.1) is 6.61 Å². The minimum Gasteiger partial charge on any atom is -0.449 e. The molecule has 11 nitrogen and oxygen atoms in total. The van der Waals surface area contributed by atoms with Crippen molar-refractivity contribution in [2.45, 2.75) is 44.3 Å². The molecule has 0 saturated carbocycles. The number of aromatic nitrogens is 3. The predicted octanol–water partition coefficient (Wildman–Crippen LogP) is 3.55. The van der Waals surface area contributed by atoms with E-state index < -0.39 is 17.8 Å². The molecule has 15 heteroatoms. The van der Waals surface area contributed by atoms with Gasteiger partial charge in [-0.05, 0) is 52.2 Å². The van der Waals surface area contributed by atoms with E-state index in [2.05, 4.69) is 35.8 Å². The van der Waals surface area contributed by atoms with E-state index in [1.165, 1.54) is 0 Å². The summed E-state index contributed by atoms with van der Waals surface area (Å²) in [5, 5.41) is 10.3. The third-order valence-corrected chi connectivity index (χ3v) is 7.13. The number of hydrogen-bond donors (Lipinski definition) is 3. The van der Waals surface area contributed by atoms with Crippen molar-refractivity contribution >= 4 is 40.9 Å². The summed E-state index contributed by atoms with van der Waals surface area (Å²) in [6.07, 6.45) is -0.645. The molecule has 0 atom stereocenters. The molecule has 0 radical (unpaired) electrons. The van der Waals surface area contributed by atoms with Crippen LogP contribution in [0.25, 0.3) is 0 Å². The fourth-order valence-corrected chi connectivity index (χ4v) is 4.81. The molecule has 0 spiro atoms. The molecular weight excluding hydrogens is 525 g/mol. The van der Waals surface area contributed by atoms with E-state index >= 15 is 0 Å². The van der Waals surface area contributed by atoms with Crippen molar-refractivity contribution in [1.82, 2.24) is 30.1 Å². The van der Waals surface area contributed by atoms with Gasteiger partial charge in [-0.15, -0.1) is 11.3 Å². The first-order valence-corrected chi connectivity index (χ1v) is 13.4. The Hall–Kier alpha value is -3.20. The van der Waals surface area contributed by atoms with Crippen LogP contribution in [-0.2, 0) is 10.9 Å². The van der Waals surface area contributed by atoms with Crippen molar-refractivity contribution in [2.24, 2.45) is 0 Å². The zero-order valence-corrected chi connectivity index (χ0v) is 21.8. The van der Waals surface area contributed by atoms with Gasteiger partial charge in [0, 0.05) is 37.3 Å². The molecule has 4 rings (SSSR count). The van der Waals surface area contributed by atoms with Gasteiger partial charge in [0.25, 0.3) is 5.91 Å². The molecule has 2 aromatic rings. The summed E-state index contributed by atoms with van der Waals surface area (Å²) in [6.45, 7) is 3.25. The average Bonchev–Trinajstić information content (AvgIpc) is 3.24. The molecule has 0 unspecified atom stereocenters. The standard InChI is InChI=1S/C23H31F3N8O3S/c1-33-10-5-15(6-11-33)29-19(35)20-30-17(14-38-20)31-21-28-13-16(23(24,25)26)18(32-21)27-7-4-9-34-8-2-3-12-37-22(34)36/h13-15H,2-12H2,1H3,(H,29,35)(H2,27,28,31,32). The molecule has 2 aliphatic heterocycles. The predicted molar refractivity (Wildman–Crippen MR) is 136 cm³/mol. The highest BCUT2D eigenvalue weighted by atomic mass is 32.1. The number of hydrogen-bond acceptors (Lipinski definition) is 10. The molecule has 2 amide bonds. The van der Waals surface area contributed by atoms with E-state index in [0.717, 1.165) is 50.1 Å². The third-order valence-electron chi connectivity index (χ3n) is 6.29. The second-order valence-corrected chi connectivity index (χ2v) is 10.1. The van der Waals surface area contributed by atoms with Crippen molar-refractivity contribution in [3.8, 4) is 0 Å². The third kappa shape index (κ3) is 7.66. The Morgan fingerprint density at radius 3 is 2.76 bits per heavy atom. The fraction of sp³-hybridized carbons (Fsp3) is 0.609. The van der Waals surface area contributed by atoms with Crippen LogP contribution in [0.3, 0.4) is 0 Å². The molecule has 0 bridgehead atoms. The summed E-state index contributed by atoms with van der Waals surface area (Å²) >= 11 is 1.12. The van der Waals surface area contributed by atoms with Crippen LogP contribution < -0.4 is 16.0 Å². The SMILES string of the molecule is CN1CCC(NC(=O)c2nc(Nc3ncc(C(F)(F)F)c(NCCCN4CCCCOC4=O)n3)cs2)CC1. The molecule has 4 heterocycles. The Morgan fingerprint density at radius 1 is 1.21 bits per heavy atom. The molecule has 208 valence electrons. The Morgan fingerprint density at radius 2 is 2.00 bits per heavy atom. The lowest BCUT2D eigenvalue weighted by Crippen LogP contribution is -2.43. The van der Waals surface area contributed by atoms with Crippen LogP contribution in [-0.4, -0.2) is 89.2 Å². The van der Waals surface area contributed by atoms with Crippen LogP contribution in [0.4, 0.5) is 35.5 Å². The summed E-state index contributed by atoms with van der Waals surface area (Å²) in [5.41, 5.74) is -1.01. The number of amides is 2. The highest BCUT2D eigenvalue weighted by molar-refractivity contribution is 7.12. The number of nitrogens with zero attached hydrogens (tertiary/aromatic N) is 5. The number of rotatable bonds is 9. The highest BCUT2D eigenvalue weighted by Crippen LogP contribution is 2.34. The first-order valence-electron chi connectivity index (χ1n) is 12.5. The highest BCUT2D eigenvalue weighted by Gasteiger charge is 2.35. The van der Waals surface area contributed by atoms with Gasteiger partial charge in [-0.3, -0.25) is 4.79 Å². The summed E-state index contributed by atoms with van der Waals surface area (Å²) < 4.78 is 45.7. The lowest BCUT2D eigenvalue weighted by molar-refractivity contribution is -0.137. The van der Waals surface area contributed by atoms with Gasteiger partial charge in [-0.25, -0.2) is 14.8 Å². The minimum atomic E-state index is -4.66. The molecule has 0 aliphatic carbocycles. The monoisotopic (exact) mass is 556 g/mol. The average molecular weight is 557 g/mol. The number of alkyl halides is 3. The summed E-state index contributed by atoms with van der Waals surface area (Å²) in [5.74, 6) is -0.511. The number of piperidine rings is 1. The summed E-state index contributed by atoms with van der Waals surface area (Å²) in [4.78, 5) is 40.3. The van der Waals surface area contributed by atoms with Gasteiger partial charge < -0.3 is 30.5 Å². The van der Waals surface area contributed by atoms with E-state index in [1.54, 1.807) is 10.3 Å². The maximum atomic E-state index is 13.5. The van der Waals surface area contributed by atoms with E-state index in [4.69, 9.17) is 4.74 Å². The van der Waals surface area contributed by atoms with Crippen LogP contribution in [0.15, 0.2) is 11.6 Å². The first kappa shape index (κ1) is 27.8. The normalized spacial score (nSPS) is 17.6. The maximum Gasteiger partial charge on any atom is 0.421 e. The number of nitrogens with one attached hydrogen (secondary N) is 3. The van der Waals surface area contributed by atoms with Gasteiger partial charge in [-0.2, -0.15) is 18.2 Å². The first-order chi connectivity index (χ1) is 18.2. The Labute approximate surface area is 222 Å². The number of anilines is 3. The minimum absolute atomic E-state index is 0.0795. The Balaban J connectivity index is 1.35. The smallest absolute Gasteiger partial charge is 0.421 e. The van der Waals surface area contributed by atoms with Crippen LogP contribution in [0.1, 0.15) is 47.5 Å². The molecule has 2 aliphatic rings.